The molecule has 0 bridgehead atoms. The second-order valence-electron chi connectivity index (χ2n) is 7.43. The van der Waals surface area contributed by atoms with Crippen LogP contribution in [0.3, 0.4) is 0 Å². The summed E-state index contributed by atoms with van der Waals surface area (Å²) in [6.45, 7) is 4.97. The van der Waals surface area contributed by atoms with E-state index in [4.69, 9.17) is 25.9 Å². The summed E-state index contributed by atoms with van der Waals surface area (Å²) in [4.78, 5) is 0.124. The molecule has 2 N–H and O–H groups in total. The maximum absolute atomic E-state index is 12.8. The van der Waals surface area contributed by atoms with E-state index in [2.05, 4.69) is 15.8 Å². The van der Waals surface area contributed by atoms with Gasteiger partial charge in [-0.3, -0.25) is 5.43 Å². The van der Waals surface area contributed by atoms with Crippen molar-refractivity contribution in [3.63, 3.8) is 0 Å². The Labute approximate surface area is 194 Å². The molecule has 0 radical (unpaired) electrons. The fourth-order valence-corrected chi connectivity index (χ4v) is 4.58. The zero-order valence-corrected chi connectivity index (χ0v) is 19.9. The molecule has 0 amide bonds. The molecule has 1 aliphatic rings. The molecule has 2 aromatic rings. The van der Waals surface area contributed by atoms with Gasteiger partial charge in [0.25, 0.3) is 0 Å². The quantitative estimate of drug-likeness (QED) is 0.259. The molecular formula is C22H27N3O5S2. The monoisotopic (exact) mass is 477 g/mol. The summed E-state index contributed by atoms with van der Waals surface area (Å²) in [5.74, 6) is 0.356. The lowest BCUT2D eigenvalue weighted by Gasteiger charge is -2.13. The summed E-state index contributed by atoms with van der Waals surface area (Å²) in [6.07, 6.45) is 3.81. The van der Waals surface area contributed by atoms with E-state index in [1.165, 1.54) is 13.2 Å². The molecule has 1 aliphatic heterocycles. The standard InChI is InChI=1S/C22H27N3O5S2/c1-15-6-7-16(2)21(11-15)32(26,27)30-19-9-8-17(12-20(19)28-3)13-24-25-22(31)23-14-18-5-4-10-29-18/h6-9,11-13,18H,4-5,10,14H2,1-3H3,(H2,23,25,31). The average Bonchev–Trinajstić information content (AvgIpc) is 3.28. The van der Waals surface area contributed by atoms with E-state index < -0.39 is 10.1 Å². The van der Waals surface area contributed by atoms with E-state index >= 15 is 0 Å². The van der Waals surface area contributed by atoms with Gasteiger partial charge < -0.3 is 19.0 Å². The van der Waals surface area contributed by atoms with Crippen molar-refractivity contribution >= 4 is 33.7 Å². The summed E-state index contributed by atoms with van der Waals surface area (Å²) < 4.78 is 41.8. The van der Waals surface area contributed by atoms with Crippen molar-refractivity contribution < 1.29 is 22.1 Å². The molecule has 1 saturated heterocycles. The van der Waals surface area contributed by atoms with Crippen LogP contribution in [0.2, 0.25) is 0 Å². The van der Waals surface area contributed by atoms with Crippen molar-refractivity contribution in [3.05, 3.63) is 53.1 Å². The zero-order chi connectivity index (χ0) is 23.1. The lowest BCUT2D eigenvalue weighted by molar-refractivity contribution is 0.114. The lowest BCUT2D eigenvalue weighted by atomic mass is 10.2. The molecule has 10 heteroatoms. The molecule has 0 aliphatic carbocycles. The second-order valence-corrected chi connectivity index (χ2v) is 9.35. The minimum absolute atomic E-state index is 0.0901. The average molecular weight is 478 g/mol. The van der Waals surface area contributed by atoms with E-state index in [1.54, 1.807) is 37.4 Å². The molecule has 3 rings (SSSR count). The molecule has 8 nitrogen and oxygen atoms in total. The van der Waals surface area contributed by atoms with Crippen LogP contribution >= 0.6 is 12.2 Å². The summed E-state index contributed by atoms with van der Waals surface area (Å²) in [6, 6.07) is 10.00. The first-order chi connectivity index (χ1) is 15.3. The Morgan fingerprint density at radius 3 is 2.78 bits per heavy atom. The fraction of sp³-hybridized carbons (Fsp3) is 0.364. The van der Waals surface area contributed by atoms with E-state index in [0.717, 1.165) is 25.0 Å². The van der Waals surface area contributed by atoms with Gasteiger partial charge in [0, 0.05) is 13.2 Å². The van der Waals surface area contributed by atoms with Crippen molar-refractivity contribution in [3.8, 4) is 11.5 Å². The van der Waals surface area contributed by atoms with Gasteiger partial charge in [-0.05, 0) is 79.9 Å². The maximum Gasteiger partial charge on any atom is 0.339 e. The minimum Gasteiger partial charge on any atom is -0.493 e. The molecule has 0 aromatic heterocycles. The SMILES string of the molecule is COc1cc(C=NNC(=S)NCC2CCCO2)ccc1OS(=O)(=O)c1cc(C)ccc1C. The topological polar surface area (TPSA) is 98.2 Å². The summed E-state index contributed by atoms with van der Waals surface area (Å²) in [5, 5.41) is 7.56. The van der Waals surface area contributed by atoms with Crippen molar-refractivity contribution in [2.24, 2.45) is 5.10 Å². The number of hydrogen-bond acceptors (Lipinski definition) is 7. The van der Waals surface area contributed by atoms with Crippen LogP contribution in [-0.4, -0.2) is 46.1 Å². The van der Waals surface area contributed by atoms with Crippen LogP contribution in [-0.2, 0) is 14.9 Å². The molecule has 0 spiro atoms. The number of rotatable bonds is 8. The molecule has 0 saturated carbocycles. The Bertz CT molecular complexity index is 1100. The number of hydrazone groups is 1. The molecule has 1 heterocycles. The van der Waals surface area contributed by atoms with Gasteiger partial charge in [-0.1, -0.05) is 12.1 Å². The third-order valence-corrected chi connectivity index (χ3v) is 6.51. The van der Waals surface area contributed by atoms with Gasteiger partial charge in [0.05, 0.1) is 19.4 Å². The molecular weight excluding hydrogens is 450 g/mol. The third kappa shape index (κ3) is 6.41. The van der Waals surface area contributed by atoms with Crippen molar-refractivity contribution in [2.45, 2.75) is 37.7 Å². The number of ether oxygens (including phenoxy) is 2. The van der Waals surface area contributed by atoms with Crippen LogP contribution in [0.1, 0.15) is 29.5 Å². The highest BCUT2D eigenvalue weighted by molar-refractivity contribution is 7.87. The number of nitrogens with zero attached hydrogens (tertiary/aromatic N) is 1. The number of aryl methyl sites for hydroxylation is 2. The Morgan fingerprint density at radius 1 is 1.25 bits per heavy atom. The second kappa shape index (κ2) is 10.8. The lowest BCUT2D eigenvalue weighted by Crippen LogP contribution is -2.37. The predicted molar refractivity (Wildman–Crippen MR) is 127 cm³/mol. The predicted octanol–water partition coefficient (Wildman–Crippen LogP) is 3.06. The van der Waals surface area contributed by atoms with Gasteiger partial charge in [-0.25, -0.2) is 0 Å². The Hall–Kier alpha value is -2.69. The molecule has 1 unspecified atom stereocenters. The van der Waals surface area contributed by atoms with Gasteiger partial charge in [-0.15, -0.1) is 0 Å². The van der Waals surface area contributed by atoms with Crippen LogP contribution in [0.15, 0.2) is 46.4 Å². The summed E-state index contributed by atoms with van der Waals surface area (Å²) in [5.41, 5.74) is 4.85. The Kier molecular flexibility index (Phi) is 8.05. The molecule has 1 atom stereocenters. The highest BCUT2D eigenvalue weighted by Crippen LogP contribution is 2.31. The molecule has 1 fully saturated rings. The fourth-order valence-electron chi connectivity index (χ4n) is 3.19. The minimum atomic E-state index is -4.02. The smallest absolute Gasteiger partial charge is 0.339 e. The first-order valence-corrected chi connectivity index (χ1v) is 12.0. The van der Waals surface area contributed by atoms with Crippen LogP contribution in [0.25, 0.3) is 0 Å². The van der Waals surface area contributed by atoms with Gasteiger partial charge in [0.1, 0.15) is 4.90 Å². The number of nitrogens with one attached hydrogen (secondary N) is 2. The van der Waals surface area contributed by atoms with Gasteiger partial charge in [0.15, 0.2) is 16.6 Å². The highest BCUT2D eigenvalue weighted by atomic mass is 32.2. The Balaban J connectivity index is 1.64. The van der Waals surface area contributed by atoms with Crippen molar-refractivity contribution in [1.82, 2.24) is 10.7 Å². The maximum atomic E-state index is 12.8. The molecule has 172 valence electrons. The number of thiocarbonyl (C=S) groups is 1. The molecule has 2 aromatic carbocycles. The highest BCUT2D eigenvalue weighted by Gasteiger charge is 2.21. The van der Waals surface area contributed by atoms with Crippen LogP contribution in [0.5, 0.6) is 11.5 Å². The summed E-state index contributed by atoms with van der Waals surface area (Å²) in [7, 11) is -2.57. The van der Waals surface area contributed by atoms with E-state index in [1.807, 2.05) is 13.0 Å². The summed E-state index contributed by atoms with van der Waals surface area (Å²) >= 11 is 5.20. The van der Waals surface area contributed by atoms with Crippen LogP contribution in [0, 0.1) is 13.8 Å². The number of methoxy groups -OCH3 is 1. The largest absolute Gasteiger partial charge is 0.493 e. The normalized spacial score (nSPS) is 16.2. The number of benzene rings is 2. The van der Waals surface area contributed by atoms with E-state index in [0.29, 0.717) is 22.8 Å². The van der Waals surface area contributed by atoms with Crippen molar-refractivity contribution in [1.29, 1.82) is 0 Å². The van der Waals surface area contributed by atoms with Gasteiger partial charge >= 0.3 is 10.1 Å². The van der Waals surface area contributed by atoms with Gasteiger partial charge in [0.2, 0.25) is 0 Å². The van der Waals surface area contributed by atoms with Crippen LogP contribution < -0.4 is 19.7 Å². The molecule has 32 heavy (non-hydrogen) atoms. The van der Waals surface area contributed by atoms with Gasteiger partial charge in [-0.2, -0.15) is 13.5 Å². The first-order valence-electron chi connectivity index (χ1n) is 10.2. The van der Waals surface area contributed by atoms with E-state index in [9.17, 15) is 8.42 Å². The first kappa shape index (κ1) is 24.0. The zero-order valence-electron chi connectivity index (χ0n) is 18.3. The Morgan fingerprint density at radius 2 is 2.06 bits per heavy atom. The van der Waals surface area contributed by atoms with E-state index in [-0.39, 0.29) is 22.5 Å². The number of hydrogen-bond donors (Lipinski definition) is 2. The van der Waals surface area contributed by atoms with Crippen LogP contribution in [0.4, 0.5) is 0 Å². The van der Waals surface area contributed by atoms with Crippen molar-refractivity contribution in [2.75, 3.05) is 20.3 Å². The third-order valence-electron chi connectivity index (χ3n) is 4.89.